The van der Waals surface area contributed by atoms with Gasteiger partial charge in [-0.2, -0.15) is 0 Å². The van der Waals surface area contributed by atoms with E-state index in [2.05, 4.69) is 6.58 Å². The van der Waals surface area contributed by atoms with Crippen molar-refractivity contribution in [1.29, 1.82) is 0 Å². The van der Waals surface area contributed by atoms with E-state index in [9.17, 15) is 4.79 Å². The SMILES string of the molecule is C=CCC(=O)C(C)(C)[C@@H]1CCOC(C)(C)O1. The van der Waals surface area contributed by atoms with E-state index in [-0.39, 0.29) is 11.9 Å². The van der Waals surface area contributed by atoms with Crippen LogP contribution in [0.3, 0.4) is 0 Å². The maximum Gasteiger partial charge on any atom is 0.163 e. The van der Waals surface area contributed by atoms with Crippen molar-refractivity contribution in [3.8, 4) is 0 Å². The van der Waals surface area contributed by atoms with E-state index in [1.807, 2.05) is 27.7 Å². The van der Waals surface area contributed by atoms with E-state index >= 15 is 0 Å². The smallest absolute Gasteiger partial charge is 0.163 e. The number of ether oxygens (including phenoxy) is 2. The lowest BCUT2D eigenvalue weighted by atomic mass is 9.79. The Hall–Kier alpha value is -0.670. The Morgan fingerprint density at radius 2 is 2.19 bits per heavy atom. The molecule has 3 heteroatoms. The molecule has 0 unspecified atom stereocenters. The predicted molar refractivity (Wildman–Crippen MR) is 63.1 cm³/mol. The number of hydrogen-bond acceptors (Lipinski definition) is 3. The van der Waals surface area contributed by atoms with Crippen LogP contribution in [0.15, 0.2) is 12.7 Å². The van der Waals surface area contributed by atoms with Crippen molar-refractivity contribution in [2.75, 3.05) is 6.61 Å². The first kappa shape index (κ1) is 13.4. The lowest BCUT2D eigenvalue weighted by Gasteiger charge is -2.42. The van der Waals surface area contributed by atoms with E-state index in [0.717, 1.165) is 6.42 Å². The van der Waals surface area contributed by atoms with Gasteiger partial charge in [0.25, 0.3) is 0 Å². The normalized spacial score (nSPS) is 25.1. The largest absolute Gasteiger partial charge is 0.350 e. The number of carbonyl (C=O) groups is 1. The number of Topliss-reactive ketones (excluding diaryl/α,β-unsaturated/α-hetero) is 1. The van der Waals surface area contributed by atoms with Gasteiger partial charge < -0.3 is 9.47 Å². The quantitative estimate of drug-likeness (QED) is 0.691. The van der Waals surface area contributed by atoms with Crippen molar-refractivity contribution >= 4 is 5.78 Å². The lowest BCUT2D eigenvalue weighted by molar-refractivity contribution is -0.288. The van der Waals surface area contributed by atoms with Gasteiger partial charge in [-0.15, -0.1) is 6.58 Å². The number of carbonyl (C=O) groups excluding carboxylic acids is 1. The highest BCUT2D eigenvalue weighted by atomic mass is 16.7. The molecule has 0 bridgehead atoms. The van der Waals surface area contributed by atoms with Crippen LogP contribution in [0.5, 0.6) is 0 Å². The van der Waals surface area contributed by atoms with E-state index < -0.39 is 11.2 Å². The Bertz CT molecular complexity index is 279. The molecule has 0 aromatic heterocycles. The maximum absolute atomic E-state index is 12.0. The molecule has 3 nitrogen and oxygen atoms in total. The van der Waals surface area contributed by atoms with Crippen LogP contribution >= 0.6 is 0 Å². The zero-order valence-corrected chi connectivity index (χ0v) is 10.7. The molecule has 0 amide bonds. The summed E-state index contributed by atoms with van der Waals surface area (Å²) in [6.45, 7) is 11.9. The molecule has 0 spiro atoms. The Labute approximate surface area is 97.8 Å². The third kappa shape index (κ3) is 2.92. The number of ketones is 1. The van der Waals surface area contributed by atoms with Crippen LogP contribution in [0.25, 0.3) is 0 Å². The van der Waals surface area contributed by atoms with E-state index in [4.69, 9.17) is 9.47 Å². The molecule has 0 saturated carbocycles. The molecule has 1 aliphatic heterocycles. The molecule has 16 heavy (non-hydrogen) atoms. The third-order valence-corrected chi connectivity index (χ3v) is 3.11. The monoisotopic (exact) mass is 226 g/mol. The average molecular weight is 226 g/mol. The Morgan fingerprint density at radius 1 is 1.56 bits per heavy atom. The van der Waals surface area contributed by atoms with Gasteiger partial charge in [-0.3, -0.25) is 4.79 Å². The molecule has 0 aromatic rings. The summed E-state index contributed by atoms with van der Waals surface area (Å²) in [5.74, 6) is -0.417. The van der Waals surface area contributed by atoms with Crippen molar-refractivity contribution in [1.82, 2.24) is 0 Å². The van der Waals surface area contributed by atoms with Crippen LogP contribution in [0.4, 0.5) is 0 Å². The molecule has 1 atom stereocenters. The van der Waals surface area contributed by atoms with Gasteiger partial charge in [0.1, 0.15) is 5.78 Å². The minimum absolute atomic E-state index is 0.0799. The lowest BCUT2D eigenvalue weighted by Crippen LogP contribution is -2.49. The van der Waals surface area contributed by atoms with Gasteiger partial charge in [0.2, 0.25) is 0 Å². The maximum atomic E-state index is 12.0. The first-order chi connectivity index (χ1) is 7.29. The van der Waals surface area contributed by atoms with Gasteiger partial charge in [0.15, 0.2) is 5.79 Å². The Kier molecular flexibility index (Phi) is 3.92. The zero-order valence-electron chi connectivity index (χ0n) is 10.7. The standard InChI is InChI=1S/C13H22O3/c1-6-7-10(14)12(2,3)11-8-9-15-13(4,5)16-11/h6,11H,1,7-9H2,2-5H3/t11-/m0/s1. The Balaban J connectivity index is 2.74. The van der Waals surface area contributed by atoms with Gasteiger partial charge >= 0.3 is 0 Å². The third-order valence-electron chi connectivity index (χ3n) is 3.11. The number of rotatable bonds is 4. The van der Waals surface area contributed by atoms with Gasteiger partial charge in [-0.1, -0.05) is 19.9 Å². The molecule has 1 fully saturated rings. The van der Waals surface area contributed by atoms with Crippen LogP contribution in [0, 0.1) is 5.41 Å². The minimum Gasteiger partial charge on any atom is -0.350 e. The van der Waals surface area contributed by atoms with Gasteiger partial charge in [0.05, 0.1) is 18.1 Å². The molecule has 1 aliphatic rings. The molecule has 0 N–H and O–H groups in total. The summed E-state index contributed by atoms with van der Waals surface area (Å²) in [5, 5.41) is 0. The van der Waals surface area contributed by atoms with Crippen LogP contribution < -0.4 is 0 Å². The summed E-state index contributed by atoms with van der Waals surface area (Å²) in [7, 11) is 0. The average Bonchev–Trinajstić information content (AvgIpc) is 2.16. The van der Waals surface area contributed by atoms with Crippen molar-refractivity contribution in [2.24, 2.45) is 5.41 Å². The fraction of sp³-hybridized carbons (Fsp3) is 0.769. The second-order valence-corrected chi connectivity index (χ2v) is 5.28. The van der Waals surface area contributed by atoms with Crippen LogP contribution in [0.1, 0.15) is 40.5 Å². The van der Waals surface area contributed by atoms with E-state index in [1.165, 1.54) is 0 Å². The highest BCUT2D eigenvalue weighted by Crippen LogP contribution is 2.35. The van der Waals surface area contributed by atoms with Gasteiger partial charge in [0, 0.05) is 6.42 Å². The second kappa shape index (κ2) is 4.68. The first-order valence-electron chi connectivity index (χ1n) is 5.75. The highest BCUT2D eigenvalue weighted by molar-refractivity contribution is 5.85. The summed E-state index contributed by atoms with van der Waals surface area (Å²) in [4.78, 5) is 12.0. The van der Waals surface area contributed by atoms with Crippen LogP contribution in [-0.2, 0) is 14.3 Å². The van der Waals surface area contributed by atoms with Crippen molar-refractivity contribution in [2.45, 2.75) is 52.4 Å². The van der Waals surface area contributed by atoms with E-state index in [1.54, 1.807) is 6.08 Å². The summed E-state index contributed by atoms with van der Waals surface area (Å²) in [5.41, 5.74) is -0.477. The molecule has 92 valence electrons. The highest BCUT2D eigenvalue weighted by Gasteiger charge is 2.42. The number of allylic oxidation sites excluding steroid dienone is 1. The van der Waals surface area contributed by atoms with Crippen molar-refractivity contribution < 1.29 is 14.3 Å². The summed E-state index contributed by atoms with van der Waals surface area (Å²) in [6.07, 6.45) is 2.73. The molecular formula is C13H22O3. The summed E-state index contributed by atoms with van der Waals surface area (Å²) < 4.78 is 11.3. The summed E-state index contributed by atoms with van der Waals surface area (Å²) >= 11 is 0. The van der Waals surface area contributed by atoms with E-state index in [0.29, 0.717) is 13.0 Å². The molecular weight excluding hydrogens is 204 g/mol. The molecule has 0 radical (unpaired) electrons. The topological polar surface area (TPSA) is 35.5 Å². The fourth-order valence-corrected chi connectivity index (χ4v) is 1.93. The summed E-state index contributed by atoms with van der Waals surface area (Å²) in [6, 6.07) is 0. The Morgan fingerprint density at radius 3 is 2.69 bits per heavy atom. The van der Waals surface area contributed by atoms with Crippen LogP contribution in [0.2, 0.25) is 0 Å². The second-order valence-electron chi connectivity index (χ2n) is 5.28. The van der Waals surface area contributed by atoms with Crippen molar-refractivity contribution in [3.05, 3.63) is 12.7 Å². The fourth-order valence-electron chi connectivity index (χ4n) is 1.93. The minimum atomic E-state index is -0.589. The first-order valence-corrected chi connectivity index (χ1v) is 5.75. The van der Waals surface area contributed by atoms with Crippen LogP contribution in [-0.4, -0.2) is 24.3 Å². The zero-order chi connectivity index (χ0) is 12.4. The predicted octanol–water partition coefficient (Wildman–Crippen LogP) is 2.70. The number of hydrogen-bond donors (Lipinski definition) is 0. The van der Waals surface area contributed by atoms with Gasteiger partial charge in [-0.05, 0) is 20.3 Å². The molecule has 0 aromatic carbocycles. The molecule has 1 rings (SSSR count). The molecule has 1 saturated heterocycles. The van der Waals surface area contributed by atoms with Gasteiger partial charge in [-0.25, -0.2) is 0 Å². The molecule has 1 heterocycles. The molecule has 0 aliphatic carbocycles. The van der Waals surface area contributed by atoms with Crippen molar-refractivity contribution in [3.63, 3.8) is 0 Å².